The van der Waals surface area contributed by atoms with E-state index in [0.29, 0.717) is 0 Å². The first kappa shape index (κ1) is 10.9. The molecule has 82 valence electrons. The average molecular weight is 317 g/mol. The maximum atomic E-state index is 6.20. The Morgan fingerprint density at radius 2 is 2.00 bits per heavy atom. The third-order valence-electron chi connectivity index (χ3n) is 2.49. The van der Waals surface area contributed by atoms with Crippen LogP contribution >= 0.6 is 0 Å². The molecular weight excluding hydrogens is 301 g/mol. The summed E-state index contributed by atoms with van der Waals surface area (Å²) in [5, 5.41) is 0. The zero-order valence-electron chi connectivity index (χ0n) is 9.54. The van der Waals surface area contributed by atoms with Crippen molar-refractivity contribution in [3.63, 3.8) is 0 Å². The third kappa shape index (κ3) is 1.66. The summed E-state index contributed by atoms with van der Waals surface area (Å²) in [6, 6.07) is 11.3. The molecular formula is C12H16INO. The summed E-state index contributed by atoms with van der Waals surface area (Å²) < 4.78 is 12.0. The Kier molecular flexibility index (Phi) is 2.52. The van der Waals surface area contributed by atoms with Crippen LogP contribution in [-0.2, 0) is 8.67 Å². The number of rotatable bonds is 0. The molecule has 1 atom stereocenters. The van der Waals surface area contributed by atoms with Crippen molar-refractivity contribution in [1.29, 1.82) is 0 Å². The molecule has 1 aromatic carbocycles. The molecule has 3 heteroatoms. The monoisotopic (exact) mass is 317 g/mol. The molecule has 2 rings (SSSR count). The normalized spacial score (nSPS) is 30.9. The Labute approximate surface area is 95.9 Å². The van der Waals surface area contributed by atoms with Crippen LogP contribution in [0, 0.1) is 9.64 Å². The van der Waals surface area contributed by atoms with Crippen LogP contribution in [0.15, 0.2) is 24.3 Å². The van der Waals surface area contributed by atoms with E-state index in [1.54, 1.807) is 0 Å². The van der Waals surface area contributed by atoms with E-state index in [1.165, 1.54) is 9.13 Å². The molecule has 0 N–H and O–H groups in total. The van der Waals surface area contributed by atoms with Gasteiger partial charge in [0, 0.05) is 0 Å². The van der Waals surface area contributed by atoms with Crippen LogP contribution in [0.4, 0.5) is 0 Å². The molecule has 1 aliphatic rings. The SMILES string of the molecule is CC#[N+][I-]1(C)OC(C)(C)c2ccccc21. The molecule has 0 saturated carbocycles. The van der Waals surface area contributed by atoms with Crippen molar-refractivity contribution in [2.75, 3.05) is 4.93 Å². The number of hydrogen-bond donors (Lipinski definition) is 0. The first-order valence-electron chi connectivity index (χ1n) is 4.90. The fraction of sp³-hybridized carbons (Fsp3) is 0.417. The van der Waals surface area contributed by atoms with Gasteiger partial charge in [0.1, 0.15) is 0 Å². The van der Waals surface area contributed by atoms with Gasteiger partial charge in [-0.25, -0.2) is 0 Å². The molecule has 0 saturated heterocycles. The molecule has 0 fully saturated rings. The molecule has 1 heterocycles. The third-order valence-corrected chi connectivity index (χ3v) is 8.95. The Bertz CT molecular complexity index is 458. The van der Waals surface area contributed by atoms with Crippen molar-refractivity contribution < 1.29 is 22.2 Å². The summed E-state index contributed by atoms with van der Waals surface area (Å²) in [5.41, 5.74) is 1.10. The van der Waals surface area contributed by atoms with E-state index in [2.05, 4.69) is 52.2 Å². The van der Waals surface area contributed by atoms with E-state index in [0.717, 1.165) is 0 Å². The number of hydrogen-bond acceptors (Lipinski definition) is 1. The predicted molar refractivity (Wildman–Crippen MR) is 58.1 cm³/mol. The second-order valence-corrected chi connectivity index (χ2v) is 10.4. The first-order valence-corrected chi connectivity index (χ1v) is 9.98. The molecule has 15 heavy (non-hydrogen) atoms. The topological polar surface area (TPSA) is 13.6 Å². The Balaban J connectivity index is 2.64. The van der Waals surface area contributed by atoms with Gasteiger partial charge in [0.15, 0.2) is 0 Å². The molecule has 1 unspecified atom stereocenters. The molecule has 0 radical (unpaired) electrons. The zero-order chi connectivity index (χ0) is 11.1. The van der Waals surface area contributed by atoms with Crippen LogP contribution < -0.4 is 19.1 Å². The minimum absolute atomic E-state index is 0.192. The van der Waals surface area contributed by atoms with Crippen LogP contribution in [0.3, 0.4) is 0 Å². The van der Waals surface area contributed by atoms with Crippen LogP contribution in [0.25, 0.3) is 3.06 Å². The molecule has 0 spiro atoms. The van der Waals surface area contributed by atoms with Crippen LogP contribution in [-0.4, -0.2) is 4.93 Å². The number of benzene rings is 1. The van der Waals surface area contributed by atoms with Crippen molar-refractivity contribution in [2.24, 2.45) is 0 Å². The number of fused-ring (bicyclic) bond motifs is 1. The molecule has 0 amide bonds. The van der Waals surface area contributed by atoms with Crippen molar-refractivity contribution >= 4 is 0 Å². The average Bonchev–Trinajstić information content (AvgIpc) is 2.36. The van der Waals surface area contributed by atoms with Gasteiger partial charge in [-0.05, 0) is 0 Å². The number of alkyl halides is 1. The van der Waals surface area contributed by atoms with E-state index in [9.17, 15) is 0 Å². The molecule has 2 nitrogen and oxygen atoms in total. The van der Waals surface area contributed by atoms with Crippen molar-refractivity contribution in [1.82, 2.24) is 0 Å². The quantitative estimate of drug-likeness (QED) is 0.489. The Morgan fingerprint density at radius 3 is 2.67 bits per heavy atom. The van der Waals surface area contributed by atoms with Gasteiger partial charge in [-0.1, -0.05) is 0 Å². The molecule has 1 aromatic rings. The molecule has 0 bridgehead atoms. The van der Waals surface area contributed by atoms with Gasteiger partial charge in [0.25, 0.3) is 0 Å². The Hall–Kier alpha value is -0.600. The zero-order valence-corrected chi connectivity index (χ0v) is 11.7. The van der Waals surface area contributed by atoms with Gasteiger partial charge in [0.05, 0.1) is 0 Å². The number of halogens is 1. The fourth-order valence-corrected chi connectivity index (χ4v) is 8.62. The standard InChI is InChI=1S/C12H16INO/c1-5-14-13(4)11-9-7-6-8-10(11)12(2,3)15-13/h6-9H,1-4H3. The van der Waals surface area contributed by atoms with Gasteiger partial charge in [-0.2, -0.15) is 0 Å². The summed E-state index contributed by atoms with van der Waals surface area (Å²) in [7, 11) is 0. The van der Waals surface area contributed by atoms with E-state index in [1.807, 2.05) is 6.92 Å². The van der Waals surface area contributed by atoms with Gasteiger partial charge < -0.3 is 0 Å². The fourth-order valence-electron chi connectivity index (χ4n) is 1.94. The van der Waals surface area contributed by atoms with E-state index < -0.39 is 19.1 Å². The Morgan fingerprint density at radius 1 is 1.33 bits per heavy atom. The molecule has 0 aliphatic carbocycles. The van der Waals surface area contributed by atoms with Gasteiger partial charge in [-0.15, -0.1) is 0 Å². The second-order valence-electron chi connectivity index (χ2n) is 4.12. The number of nitrogens with zero attached hydrogens (tertiary/aromatic N) is 1. The van der Waals surface area contributed by atoms with Gasteiger partial charge >= 0.3 is 96.0 Å². The van der Waals surface area contributed by atoms with Crippen molar-refractivity contribution in [2.45, 2.75) is 26.4 Å². The maximum absolute atomic E-state index is 6.20. The summed E-state index contributed by atoms with van der Waals surface area (Å²) >= 11 is -2.59. The van der Waals surface area contributed by atoms with Crippen LogP contribution in [0.1, 0.15) is 26.3 Å². The summed E-state index contributed by atoms with van der Waals surface area (Å²) in [6.07, 6.45) is 0. The molecule has 0 aromatic heterocycles. The minimum atomic E-state index is -2.59. The van der Waals surface area contributed by atoms with Gasteiger partial charge in [-0.3, -0.25) is 0 Å². The van der Waals surface area contributed by atoms with E-state index in [4.69, 9.17) is 3.07 Å². The summed E-state index contributed by atoms with van der Waals surface area (Å²) in [6.45, 7) is 6.07. The second kappa shape index (κ2) is 3.46. The summed E-state index contributed by atoms with van der Waals surface area (Å²) in [5.74, 6) is 0. The summed E-state index contributed by atoms with van der Waals surface area (Å²) in [4.78, 5) is 2.16. The van der Waals surface area contributed by atoms with Crippen LogP contribution in [0.2, 0.25) is 0 Å². The predicted octanol–water partition coefficient (Wildman–Crippen LogP) is 0.0945. The van der Waals surface area contributed by atoms with E-state index >= 15 is 0 Å². The van der Waals surface area contributed by atoms with Crippen molar-refractivity contribution in [3.05, 3.63) is 36.5 Å². The first-order chi connectivity index (χ1) is 6.99. The van der Waals surface area contributed by atoms with Gasteiger partial charge in [0.2, 0.25) is 0 Å². The molecule has 1 aliphatic heterocycles. The van der Waals surface area contributed by atoms with E-state index in [-0.39, 0.29) is 5.60 Å². The van der Waals surface area contributed by atoms with Crippen molar-refractivity contribution in [3.8, 4) is 6.07 Å². The van der Waals surface area contributed by atoms with Crippen LogP contribution in [0.5, 0.6) is 0 Å².